The lowest BCUT2D eigenvalue weighted by atomic mass is 10.0. The molecule has 0 spiro atoms. The van der Waals surface area contributed by atoms with E-state index in [1.807, 2.05) is 16.9 Å². The van der Waals surface area contributed by atoms with Gasteiger partial charge in [-0.1, -0.05) is 30.3 Å². The minimum absolute atomic E-state index is 0.560. The van der Waals surface area contributed by atoms with Gasteiger partial charge in [0.2, 0.25) is 0 Å². The van der Waals surface area contributed by atoms with Crippen LogP contribution in [0.25, 0.3) is 16.9 Å². The quantitative estimate of drug-likeness (QED) is 0.513. The summed E-state index contributed by atoms with van der Waals surface area (Å²) in [4.78, 5) is 11.9. The number of rotatable bonds is 4. The second-order valence-corrected chi connectivity index (χ2v) is 7.91. The molecule has 3 aromatic heterocycles. The Labute approximate surface area is 171 Å². The third-order valence-electron chi connectivity index (χ3n) is 5.87. The zero-order valence-electron chi connectivity index (χ0n) is 16.9. The smallest absolute Gasteiger partial charge is 0.157 e. The first kappa shape index (κ1) is 17.9. The van der Waals surface area contributed by atoms with Crippen molar-refractivity contribution in [1.29, 1.82) is 0 Å². The summed E-state index contributed by atoms with van der Waals surface area (Å²) in [5, 5.41) is 4.78. The van der Waals surface area contributed by atoms with Crippen molar-refractivity contribution in [1.82, 2.24) is 19.6 Å². The van der Waals surface area contributed by atoms with Crippen molar-refractivity contribution in [2.24, 2.45) is 0 Å². The van der Waals surface area contributed by atoms with Crippen molar-refractivity contribution in [2.75, 3.05) is 11.4 Å². The number of benzene rings is 1. The Hall–Kier alpha value is -3.21. The lowest BCUT2D eigenvalue weighted by Crippen LogP contribution is -2.27. The fourth-order valence-corrected chi connectivity index (χ4v) is 4.30. The van der Waals surface area contributed by atoms with Crippen LogP contribution < -0.4 is 4.90 Å². The molecule has 1 aromatic carbocycles. The highest BCUT2D eigenvalue weighted by Gasteiger charge is 2.21. The van der Waals surface area contributed by atoms with Crippen LogP contribution in [0.3, 0.4) is 0 Å². The van der Waals surface area contributed by atoms with Gasteiger partial charge in [0.05, 0.1) is 5.69 Å². The molecule has 4 aromatic rings. The minimum atomic E-state index is 0.560. The van der Waals surface area contributed by atoms with E-state index in [1.54, 1.807) is 0 Å². The Morgan fingerprint density at radius 3 is 2.83 bits per heavy atom. The van der Waals surface area contributed by atoms with E-state index in [-0.39, 0.29) is 0 Å². The van der Waals surface area contributed by atoms with Gasteiger partial charge in [-0.15, -0.1) is 0 Å². The van der Waals surface area contributed by atoms with E-state index in [4.69, 9.17) is 10.1 Å². The van der Waals surface area contributed by atoms with E-state index in [1.165, 1.54) is 18.4 Å². The first-order valence-electron chi connectivity index (χ1n) is 10.3. The summed E-state index contributed by atoms with van der Waals surface area (Å²) in [6, 6.07) is 17.4. The summed E-state index contributed by atoms with van der Waals surface area (Å²) < 4.78 is 1.88. The Balaban J connectivity index is 1.54. The van der Waals surface area contributed by atoms with Crippen LogP contribution in [-0.2, 0) is 6.42 Å². The average Bonchev–Trinajstić information content (AvgIpc) is 3.37. The third-order valence-corrected chi connectivity index (χ3v) is 5.87. The highest BCUT2D eigenvalue weighted by atomic mass is 15.2. The molecule has 1 atom stereocenters. The van der Waals surface area contributed by atoms with E-state index in [0.29, 0.717) is 6.04 Å². The lowest BCUT2D eigenvalue weighted by Gasteiger charge is -2.23. The first-order chi connectivity index (χ1) is 14.2. The van der Waals surface area contributed by atoms with Crippen LogP contribution in [0.4, 0.5) is 5.82 Å². The number of hydrogen-bond acceptors (Lipinski definition) is 4. The molecule has 1 aliphatic heterocycles. The molecule has 5 nitrogen and oxygen atoms in total. The maximum absolute atomic E-state index is 4.98. The third kappa shape index (κ3) is 3.37. The summed E-state index contributed by atoms with van der Waals surface area (Å²) in [7, 11) is 0. The van der Waals surface area contributed by atoms with Gasteiger partial charge in [0.15, 0.2) is 5.65 Å². The summed E-state index contributed by atoms with van der Waals surface area (Å²) >= 11 is 0. The highest BCUT2D eigenvalue weighted by molar-refractivity contribution is 5.66. The second kappa shape index (κ2) is 7.32. The van der Waals surface area contributed by atoms with Crippen molar-refractivity contribution in [3.05, 3.63) is 77.7 Å². The number of anilines is 1. The molecule has 4 heterocycles. The zero-order valence-corrected chi connectivity index (χ0v) is 16.9. The van der Waals surface area contributed by atoms with Crippen molar-refractivity contribution < 1.29 is 0 Å². The molecule has 5 rings (SSSR count). The van der Waals surface area contributed by atoms with E-state index < -0.39 is 0 Å². The molecule has 5 heteroatoms. The predicted molar refractivity (Wildman–Crippen MR) is 116 cm³/mol. The molecule has 0 radical (unpaired) electrons. The SMILES string of the molecule is Cc1ccccc1-c1cc(Cc2cccc(N3CCCC3C)n2)c2nccn2n1. The van der Waals surface area contributed by atoms with Gasteiger partial charge in [-0.25, -0.2) is 14.5 Å². The number of imidazole rings is 1. The van der Waals surface area contributed by atoms with Crippen molar-refractivity contribution >= 4 is 11.5 Å². The van der Waals surface area contributed by atoms with E-state index in [2.05, 4.69) is 72.3 Å². The monoisotopic (exact) mass is 383 g/mol. The standard InChI is InChI=1S/C24H25N5/c1-17-7-3-4-10-21(17)22-16-19(24-25-12-14-29(24)27-22)15-20-9-5-11-23(26-20)28-13-6-8-18(28)2/h3-5,7,9-12,14,16,18H,6,8,13,15H2,1-2H3. The molecule has 1 fully saturated rings. The Morgan fingerprint density at radius 2 is 2.00 bits per heavy atom. The number of fused-ring (bicyclic) bond motifs is 1. The van der Waals surface area contributed by atoms with Crippen LogP contribution in [-0.4, -0.2) is 32.2 Å². The Morgan fingerprint density at radius 1 is 1.10 bits per heavy atom. The number of pyridine rings is 1. The molecule has 0 saturated carbocycles. The van der Waals surface area contributed by atoms with Gasteiger partial charge in [-0.2, -0.15) is 5.10 Å². The molecule has 0 bridgehead atoms. The molecule has 1 unspecified atom stereocenters. The molecular weight excluding hydrogens is 358 g/mol. The molecule has 1 aliphatic rings. The van der Waals surface area contributed by atoms with Crippen LogP contribution in [0.5, 0.6) is 0 Å². The van der Waals surface area contributed by atoms with Crippen LogP contribution in [0, 0.1) is 6.92 Å². The van der Waals surface area contributed by atoms with Crippen molar-refractivity contribution in [2.45, 2.75) is 39.2 Å². The summed E-state index contributed by atoms with van der Waals surface area (Å²) in [6.07, 6.45) is 6.94. The summed E-state index contributed by atoms with van der Waals surface area (Å²) in [6.45, 7) is 5.50. The van der Waals surface area contributed by atoms with E-state index in [0.717, 1.165) is 46.9 Å². The largest absolute Gasteiger partial charge is 0.354 e. The van der Waals surface area contributed by atoms with Crippen molar-refractivity contribution in [3.63, 3.8) is 0 Å². The minimum Gasteiger partial charge on any atom is -0.354 e. The molecule has 0 amide bonds. The fraction of sp³-hybridized carbons (Fsp3) is 0.292. The highest BCUT2D eigenvalue weighted by Crippen LogP contribution is 2.26. The number of aryl methyl sites for hydroxylation is 1. The number of hydrogen-bond donors (Lipinski definition) is 0. The number of nitrogens with zero attached hydrogens (tertiary/aromatic N) is 5. The molecular formula is C24H25N5. The maximum atomic E-state index is 4.98. The predicted octanol–water partition coefficient (Wildman–Crippen LogP) is 4.68. The van der Waals surface area contributed by atoms with Gasteiger partial charge in [-0.05, 0) is 50.5 Å². The van der Waals surface area contributed by atoms with Gasteiger partial charge in [0.25, 0.3) is 0 Å². The zero-order chi connectivity index (χ0) is 19.8. The van der Waals surface area contributed by atoms with Crippen LogP contribution in [0.2, 0.25) is 0 Å². The summed E-state index contributed by atoms with van der Waals surface area (Å²) in [5.41, 5.74) is 6.43. The second-order valence-electron chi connectivity index (χ2n) is 7.91. The van der Waals surface area contributed by atoms with Crippen LogP contribution in [0.15, 0.2) is 60.9 Å². The van der Waals surface area contributed by atoms with Crippen LogP contribution in [0.1, 0.15) is 36.6 Å². The maximum Gasteiger partial charge on any atom is 0.157 e. The lowest BCUT2D eigenvalue weighted by molar-refractivity contribution is 0.725. The molecule has 146 valence electrons. The summed E-state index contributed by atoms with van der Waals surface area (Å²) in [5.74, 6) is 1.08. The average molecular weight is 383 g/mol. The topological polar surface area (TPSA) is 46.3 Å². The normalized spacial score (nSPS) is 16.6. The van der Waals surface area contributed by atoms with E-state index >= 15 is 0 Å². The van der Waals surface area contributed by atoms with Gasteiger partial charge in [0, 0.05) is 48.2 Å². The van der Waals surface area contributed by atoms with Gasteiger partial charge in [-0.3, -0.25) is 0 Å². The molecule has 1 saturated heterocycles. The van der Waals surface area contributed by atoms with Gasteiger partial charge < -0.3 is 4.90 Å². The number of aromatic nitrogens is 4. The van der Waals surface area contributed by atoms with Gasteiger partial charge >= 0.3 is 0 Å². The molecule has 29 heavy (non-hydrogen) atoms. The van der Waals surface area contributed by atoms with Crippen LogP contribution >= 0.6 is 0 Å². The van der Waals surface area contributed by atoms with E-state index in [9.17, 15) is 0 Å². The fourth-order valence-electron chi connectivity index (χ4n) is 4.30. The Kier molecular flexibility index (Phi) is 4.51. The first-order valence-corrected chi connectivity index (χ1v) is 10.3. The van der Waals surface area contributed by atoms with Gasteiger partial charge in [0.1, 0.15) is 5.82 Å². The molecule has 0 aliphatic carbocycles. The van der Waals surface area contributed by atoms with Crippen molar-refractivity contribution in [3.8, 4) is 11.3 Å². The molecule has 0 N–H and O–H groups in total. The Bertz CT molecular complexity index is 1160.